The maximum absolute atomic E-state index is 11.4. The molecule has 0 spiro atoms. The molecule has 104 valence electrons. The fourth-order valence-corrected chi connectivity index (χ4v) is 1.75. The van der Waals surface area contributed by atoms with E-state index < -0.39 is 17.9 Å². The van der Waals surface area contributed by atoms with Gasteiger partial charge in [-0.25, -0.2) is 0 Å². The fourth-order valence-electron chi connectivity index (χ4n) is 1.75. The topological polar surface area (TPSA) is 105 Å². The van der Waals surface area contributed by atoms with E-state index in [9.17, 15) is 9.59 Å². The lowest BCUT2D eigenvalue weighted by Crippen LogP contribution is -2.43. The van der Waals surface area contributed by atoms with E-state index in [2.05, 4.69) is 10.2 Å². The van der Waals surface area contributed by atoms with Crippen molar-refractivity contribution < 1.29 is 19.4 Å². The Hall–Kier alpha value is -1.18. The number of aliphatic carboxylic acids is 1. The predicted octanol–water partition coefficient (Wildman–Crippen LogP) is -1.37. The number of nitrogens with one attached hydrogen (secondary N) is 1. The number of carboxylic acid groups (broad SMARTS) is 1. The van der Waals surface area contributed by atoms with Gasteiger partial charge in [-0.1, -0.05) is 0 Å². The Morgan fingerprint density at radius 3 is 2.67 bits per heavy atom. The third kappa shape index (κ3) is 5.95. The minimum atomic E-state index is -1.06. The summed E-state index contributed by atoms with van der Waals surface area (Å²) in [5, 5.41) is 11.1. The number of morpholine rings is 1. The Balaban J connectivity index is 2.05. The number of carbonyl (C=O) groups excluding carboxylic acids is 1. The van der Waals surface area contributed by atoms with Gasteiger partial charge in [-0.15, -0.1) is 0 Å². The van der Waals surface area contributed by atoms with E-state index in [1.54, 1.807) is 0 Å². The van der Waals surface area contributed by atoms with Gasteiger partial charge in [-0.3, -0.25) is 14.5 Å². The summed E-state index contributed by atoms with van der Waals surface area (Å²) in [5.41, 5.74) is 5.42. The summed E-state index contributed by atoms with van der Waals surface area (Å²) in [4.78, 5) is 24.0. The first-order valence-electron chi connectivity index (χ1n) is 6.15. The van der Waals surface area contributed by atoms with Crippen molar-refractivity contribution in [2.24, 2.45) is 5.73 Å². The monoisotopic (exact) mass is 259 g/mol. The van der Waals surface area contributed by atoms with Gasteiger partial charge < -0.3 is 20.9 Å². The van der Waals surface area contributed by atoms with E-state index in [1.807, 2.05) is 0 Å². The molecule has 7 nitrogen and oxygen atoms in total. The zero-order chi connectivity index (χ0) is 13.4. The molecular formula is C11H21N3O4. The van der Waals surface area contributed by atoms with Gasteiger partial charge >= 0.3 is 5.97 Å². The Morgan fingerprint density at radius 1 is 1.39 bits per heavy atom. The number of rotatable bonds is 7. The summed E-state index contributed by atoms with van der Waals surface area (Å²) in [6.45, 7) is 4.78. The molecule has 1 fully saturated rings. The minimum Gasteiger partial charge on any atom is -0.481 e. The zero-order valence-corrected chi connectivity index (χ0v) is 10.4. The van der Waals surface area contributed by atoms with E-state index in [-0.39, 0.29) is 6.42 Å². The summed E-state index contributed by atoms with van der Waals surface area (Å²) < 4.78 is 5.23. The van der Waals surface area contributed by atoms with E-state index in [4.69, 9.17) is 15.6 Å². The molecule has 1 heterocycles. The average molecular weight is 259 g/mol. The molecular weight excluding hydrogens is 238 g/mol. The first-order chi connectivity index (χ1) is 8.59. The van der Waals surface area contributed by atoms with Crippen molar-refractivity contribution >= 4 is 11.9 Å². The molecule has 0 aromatic rings. The second kappa shape index (κ2) is 8.02. The molecule has 18 heavy (non-hydrogen) atoms. The number of carbonyl (C=O) groups is 2. The van der Waals surface area contributed by atoms with Gasteiger partial charge in [0.1, 0.15) is 0 Å². The van der Waals surface area contributed by atoms with Crippen molar-refractivity contribution in [2.45, 2.75) is 18.9 Å². The smallest absolute Gasteiger partial charge is 0.305 e. The van der Waals surface area contributed by atoms with Gasteiger partial charge in [0.2, 0.25) is 5.91 Å². The second-order valence-electron chi connectivity index (χ2n) is 4.30. The standard InChI is InChI=1S/C11H21N3O4/c12-9(8-10(15)16)11(17)13-2-1-3-14-4-6-18-7-5-14/h9H,1-8,12H2,(H,13,17)(H,15,16)/t9-/m0/s1. The van der Waals surface area contributed by atoms with Crippen LogP contribution in [0.5, 0.6) is 0 Å². The second-order valence-corrected chi connectivity index (χ2v) is 4.30. The Morgan fingerprint density at radius 2 is 2.06 bits per heavy atom. The highest BCUT2D eigenvalue weighted by atomic mass is 16.5. The van der Waals surface area contributed by atoms with Crippen molar-refractivity contribution in [3.05, 3.63) is 0 Å². The molecule has 1 amide bonds. The van der Waals surface area contributed by atoms with Crippen LogP contribution in [0.4, 0.5) is 0 Å². The number of carboxylic acids is 1. The maximum atomic E-state index is 11.4. The lowest BCUT2D eigenvalue weighted by molar-refractivity contribution is -0.139. The molecule has 1 aliphatic rings. The Labute approximate surface area is 106 Å². The van der Waals surface area contributed by atoms with Crippen LogP contribution in [0, 0.1) is 0 Å². The molecule has 1 atom stereocenters. The third-order valence-corrected chi connectivity index (χ3v) is 2.79. The Kier molecular flexibility index (Phi) is 6.63. The minimum absolute atomic E-state index is 0.338. The quantitative estimate of drug-likeness (QED) is 0.487. The summed E-state index contributed by atoms with van der Waals surface area (Å²) in [6, 6.07) is -0.967. The molecule has 0 aromatic heterocycles. The summed E-state index contributed by atoms with van der Waals surface area (Å²) in [5.74, 6) is -1.47. The van der Waals surface area contributed by atoms with E-state index >= 15 is 0 Å². The number of amides is 1. The van der Waals surface area contributed by atoms with E-state index in [0.717, 1.165) is 39.3 Å². The van der Waals surface area contributed by atoms with Crippen LogP contribution < -0.4 is 11.1 Å². The van der Waals surface area contributed by atoms with Gasteiger partial charge in [0.05, 0.1) is 25.7 Å². The molecule has 0 aromatic carbocycles. The molecule has 1 aliphatic heterocycles. The van der Waals surface area contributed by atoms with Gasteiger partial charge in [0, 0.05) is 19.6 Å². The number of nitrogens with zero attached hydrogens (tertiary/aromatic N) is 1. The highest BCUT2D eigenvalue weighted by Crippen LogP contribution is 1.97. The summed E-state index contributed by atoms with van der Waals surface area (Å²) in [6.07, 6.45) is 0.487. The Bertz CT molecular complexity index is 279. The van der Waals surface area contributed by atoms with Crippen LogP contribution in [-0.4, -0.2) is 67.3 Å². The van der Waals surface area contributed by atoms with Gasteiger partial charge in [0.25, 0.3) is 0 Å². The molecule has 0 aliphatic carbocycles. The molecule has 0 unspecified atom stereocenters. The van der Waals surface area contributed by atoms with Crippen LogP contribution in [0.3, 0.4) is 0 Å². The molecule has 0 bridgehead atoms. The SMILES string of the molecule is N[C@@H](CC(=O)O)C(=O)NCCCN1CCOCC1. The van der Waals surface area contributed by atoms with Crippen LogP contribution in [0.15, 0.2) is 0 Å². The summed E-state index contributed by atoms with van der Waals surface area (Å²) in [7, 11) is 0. The van der Waals surface area contributed by atoms with Crippen LogP contribution >= 0.6 is 0 Å². The number of ether oxygens (including phenoxy) is 1. The molecule has 1 saturated heterocycles. The van der Waals surface area contributed by atoms with Gasteiger partial charge in [0.15, 0.2) is 0 Å². The van der Waals surface area contributed by atoms with Crippen LogP contribution in [0.2, 0.25) is 0 Å². The number of nitrogens with two attached hydrogens (primary N) is 1. The molecule has 1 rings (SSSR count). The summed E-state index contributed by atoms with van der Waals surface area (Å²) >= 11 is 0. The van der Waals surface area contributed by atoms with Crippen LogP contribution in [0.25, 0.3) is 0 Å². The fraction of sp³-hybridized carbons (Fsp3) is 0.818. The molecule has 0 saturated carbocycles. The van der Waals surface area contributed by atoms with Gasteiger partial charge in [-0.2, -0.15) is 0 Å². The van der Waals surface area contributed by atoms with Crippen LogP contribution in [0.1, 0.15) is 12.8 Å². The molecule has 7 heteroatoms. The van der Waals surface area contributed by atoms with Crippen LogP contribution in [-0.2, 0) is 14.3 Å². The van der Waals surface area contributed by atoms with E-state index in [0.29, 0.717) is 6.54 Å². The zero-order valence-electron chi connectivity index (χ0n) is 10.4. The number of hydrogen-bond acceptors (Lipinski definition) is 5. The van der Waals surface area contributed by atoms with Crippen molar-refractivity contribution in [3.8, 4) is 0 Å². The molecule has 4 N–H and O–H groups in total. The first-order valence-corrected chi connectivity index (χ1v) is 6.15. The van der Waals surface area contributed by atoms with Crippen molar-refractivity contribution in [3.63, 3.8) is 0 Å². The van der Waals surface area contributed by atoms with Crippen molar-refractivity contribution in [2.75, 3.05) is 39.4 Å². The normalized spacial score (nSPS) is 18.3. The average Bonchev–Trinajstić information content (AvgIpc) is 2.34. The largest absolute Gasteiger partial charge is 0.481 e. The number of hydrogen-bond donors (Lipinski definition) is 3. The highest BCUT2D eigenvalue weighted by Gasteiger charge is 2.16. The predicted molar refractivity (Wildman–Crippen MR) is 65.1 cm³/mol. The van der Waals surface area contributed by atoms with Gasteiger partial charge in [-0.05, 0) is 13.0 Å². The lowest BCUT2D eigenvalue weighted by Gasteiger charge is -2.26. The maximum Gasteiger partial charge on any atom is 0.305 e. The van der Waals surface area contributed by atoms with Crippen molar-refractivity contribution in [1.29, 1.82) is 0 Å². The third-order valence-electron chi connectivity index (χ3n) is 2.79. The lowest BCUT2D eigenvalue weighted by atomic mass is 10.2. The van der Waals surface area contributed by atoms with E-state index in [1.165, 1.54) is 0 Å². The molecule has 0 radical (unpaired) electrons. The van der Waals surface area contributed by atoms with Crippen molar-refractivity contribution in [1.82, 2.24) is 10.2 Å². The highest BCUT2D eigenvalue weighted by molar-refractivity contribution is 5.85. The first kappa shape index (κ1) is 14.9.